The van der Waals surface area contributed by atoms with Crippen molar-refractivity contribution in [3.63, 3.8) is 0 Å². The fourth-order valence-corrected chi connectivity index (χ4v) is 3.42. The van der Waals surface area contributed by atoms with Gasteiger partial charge in [-0.05, 0) is 18.1 Å². The molecule has 2 aromatic rings. The van der Waals surface area contributed by atoms with Crippen LogP contribution in [0.2, 0.25) is 0 Å². The lowest BCUT2D eigenvalue weighted by Crippen LogP contribution is -2.44. The van der Waals surface area contributed by atoms with Crippen molar-refractivity contribution in [2.24, 2.45) is 0 Å². The number of para-hydroxylation sites is 1. The smallest absolute Gasteiger partial charge is 0.137 e. The first-order chi connectivity index (χ1) is 9.26. The van der Waals surface area contributed by atoms with Crippen LogP contribution < -0.4 is 5.43 Å². The number of fused-ring (bicyclic) bond motifs is 2. The van der Waals surface area contributed by atoms with E-state index in [9.17, 15) is 5.21 Å². The van der Waals surface area contributed by atoms with Crippen molar-refractivity contribution in [3.05, 3.63) is 70.4 Å². The van der Waals surface area contributed by atoms with E-state index in [1.165, 1.54) is 11.1 Å². The van der Waals surface area contributed by atoms with Crippen molar-refractivity contribution in [1.29, 1.82) is 0 Å². The lowest BCUT2D eigenvalue weighted by Gasteiger charge is -2.42. The van der Waals surface area contributed by atoms with Gasteiger partial charge in [0.2, 0.25) is 0 Å². The molecule has 0 amide bonds. The maximum atomic E-state index is 13.2. The van der Waals surface area contributed by atoms with Crippen LogP contribution in [0.3, 0.4) is 0 Å². The first kappa shape index (κ1) is 11.0. The highest BCUT2D eigenvalue weighted by Gasteiger charge is 2.40. The Bertz CT molecular complexity index is 613. The van der Waals surface area contributed by atoms with Crippen LogP contribution in [0.25, 0.3) is 0 Å². The molecule has 4 rings (SSSR count). The van der Waals surface area contributed by atoms with Crippen LogP contribution in [-0.4, -0.2) is 4.76 Å². The van der Waals surface area contributed by atoms with Crippen molar-refractivity contribution < 1.29 is 4.76 Å². The molecule has 1 N–H and O–H groups in total. The summed E-state index contributed by atoms with van der Waals surface area (Å²) in [5.41, 5.74) is 7.84. The number of quaternary nitrogens is 1. The summed E-state index contributed by atoms with van der Waals surface area (Å²) in [5.74, 6) is 0. The van der Waals surface area contributed by atoms with Gasteiger partial charge >= 0.3 is 0 Å². The lowest BCUT2D eigenvalue weighted by molar-refractivity contribution is -0.898. The number of anilines is 1. The first-order valence-corrected chi connectivity index (χ1v) is 6.79. The Kier molecular flexibility index (Phi) is 2.22. The van der Waals surface area contributed by atoms with Gasteiger partial charge in [-0.3, -0.25) is 0 Å². The normalized spacial score (nSPS) is 27.7. The highest BCUT2D eigenvalue weighted by atomic mass is 16.6. The topological polar surface area (TPSA) is 35.1 Å². The number of nitrogens with one attached hydrogen (secondary N) is 1. The molecule has 3 heteroatoms. The van der Waals surface area contributed by atoms with Crippen molar-refractivity contribution in [2.75, 3.05) is 5.43 Å². The molecule has 19 heavy (non-hydrogen) atoms. The van der Waals surface area contributed by atoms with Gasteiger partial charge in [-0.2, -0.15) is 0 Å². The molecule has 2 aliphatic rings. The Balaban J connectivity index is 1.72. The molecule has 96 valence electrons. The fourth-order valence-electron chi connectivity index (χ4n) is 3.42. The van der Waals surface area contributed by atoms with E-state index < -0.39 is 0 Å². The fraction of sp³-hybridized carbons (Fsp3) is 0.250. The van der Waals surface area contributed by atoms with Crippen LogP contribution >= 0.6 is 0 Å². The third kappa shape index (κ3) is 1.59. The van der Waals surface area contributed by atoms with E-state index in [0.29, 0.717) is 6.54 Å². The Morgan fingerprint density at radius 2 is 1.74 bits per heavy atom. The van der Waals surface area contributed by atoms with E-state index in [0.717, 1.165) is 24.1 Å². The largest absolute Gasteiger partial charge is 0.606 e. The molecule has 0 saturated heterocycles. The third-order valence-electron chi connectivity index (χ3n) is 4.34. The molecular formula is C16H16N2O. The zero-order valence-corrected chi connectivity index (χ0v) is 10.7. The van der Waals surface area contributed by atoms with E-state index in [-0.39, 0.29) is 10.8 Å². The third-order valence-corrected chi connectivity index (χ3v) is 4.34. The van der Waals surface area contributed by atoms with Crippen molar-refractivity contribution in [2.45, 2.75) is 25.4 Å². The highest BCUT2D eigenvalue weighted by Crippen LogP contribution is 2.44. The van der Waals surface area contributed by atoms with Crippen molar-refractivity contribution in [1.82, 2.24) is 0 Å². The molecule has 1 aliphatic heterocycles. The molecule has 0 spiro atoms. The van der Waals surface area contributed by atoms with Crippen LogP contribution in [0.4, 0.5) is 5.69 Å². The van der Waals surface area contributed by atoms with Gasteiger partial charge in [-0.25, -0.2) is 10.2 Å². The minimum atomic E-state index is -0.337. The predicted octanol–water partition coefficient (Wildman–Crippen LogP) is 3.53. The van der Waals surface area contributed by atoms with Crippen LogP contribution in [0.5, 0.6) is 0 Å². The quantitative estimate of drug-likeness (QED) is 0.622. The second kappa shape index (κ2) is 3.83. The van der Waals surface area contributed by atoms with Crippen LogP contribution in [-0.2, 0) is 13.0 Å². The zero-order valence-electron chi connectivity index (χ0n) is 10.7. The van der Waals surface area contributed by atoms with Gasteiger partial charge in [0.15, 0.2) is 0 Å². The van der Waals surface area contributed by atoms with E-state index in [1.54, 1.807) is 0 Å². The lowest BCUT2D eigenvalue weighted by atomic mass is 10.1. The number of hydrogen-bond acceptors (Lipinski definition) is 2. The molecule has 2 aromatic carbocycles. The van der Waals surface area contributed by atoms with Gasteiger partial charge in [0.25, 0.3) is 0 Å². The first-order valence-electron chi connectivity index (χ1n) is 6.79. The highest BCUT2D eigenvalue weighted by molar-refractivity contribution is 5.51. The monoisotopic (exact) mass is 252 g/mol. The number of benzene rings is 2. The summed E-state index contributed by atoms with van der Waals surface area (Å²) in [7, 11) is 0. The maximum absolute atomic E-state index is 13.2. The van der Waals surface area contributed by atoms with E-state index >= 15 is 0 Å². The van der Waals surface area contributed by atoms with Crippen molar-refractivity contribution in [3.8, 4) is 0 Å². The molecule has 1 heterocycles. The minimum absolute atomic E-state index is 0.0172. The van der Waals surface area contributed by atoms with Gasteiger partial charge < -0.3 is 5.21 Å². The van der Waals surface area contributed by atoms with Crippen LogP contribution in [0, 0.1) is 5.21 Å². The minimum Gasteiger partial charge on any atom is -0.606 e. The Labute approximate surface area is 112 Å². The molecular weight excluding hydrogens is 236 g/mol. The molecule has 0 aromatic heterocycles. The van der Waals surface area contributed by atoms with E-state index in [2.05, 4.69) is 23.6 Å². The molecule has 0 fully saturated rings. The number of rotatable bonds is 1. The molecule has 0 saturated carbocycles. The number of hydroxylamine groups is 2. The van der Waals surface area contributed by atoms with Crippen LogP contribution in [0.1, 0.15) is 29.2 Å². The molecule has 2 atom stereocenters. The average Bonchev–Trinajstić information content (AvgIpc) is 2.98. The second-order valence-corrected chi connectivity index (χ2v) is 5.48. The van der Waals surface area contributed by atoms with Crippen molar-refractivity contribution >= 4 is 5.69 Å². The van der Waals surface area contributed by atoms with Gasteiger partial charge in [-0.1, -0.05) is 42.5 Å². The zero-order chi connectivity index (χ0) is 12.9. The molecule has 0 bridgehead atoms. The summed E-state index contributed by atoms with van der Waals surface area (Å²) in [6, 6.07) is 16.4. The molecule has 2 unspecified atom stereocenters. The number of nitrogens with zero attached hydrogens (tertiary/aromatic N) is 1. The Hall–Kier alpha value is -1.84. The predicted molar refractivity (Wildman–Crippen MR) is 74.9 cm³/mol. The van der Waals surface area contributed by atoms with E-state index in [4.69, 9.17) is 0 Å². The Morgan fingerprint density at radius 1 is 1.00 bits per heavy atom. The van der Waals surface area contributed by atoms with Gasteiger partial charge in [-0.15, -0.1) is 0 Å². The maximum Gasteiger partial charge on any atom is 0.137 e. The Morgan fingerprint density at radius 3 is 2.58 bits per heavy atom. The van der Waals surface area contributed by atoms with Gasteiger partial charge in [0.1, 0.15) is 12.6 Å². The summed E-state index contributed by atoms with van der Waals surface area (Å²) < 4.78 is -0.337. The molecule has 3 nitrogen and oxygen atoms in total. The van der Waals surface area contributed by atoms with E-state index in [1.807, 2.05) is 30.3 Å². The number of aryl methyl sites for hydroxylation is 1. The van der Waals surface area contributed by atoms with Crippen LogP contribution in [0.15, 0.2) is 48.5 Å². The molecule has 0 radical (unpaired) electrons. The standard InChI is InChI=1S/C16H16N2O/c19-18(11-13-6-2-4-8-15(13)17-18)16-10-9-12-5-1-3-7-14(12)16/h1-8,16-17H,9-11H2. The summed E-state index contributed by atoms with van der Waals surface area (Å²) >= 11 is 0. The summed E-state index contributed by atoms with van der Waals surface area (Å²) in [6.45, 7) is 0.523. The summed E-state index contributed by atoms with van der Waals surface area (Å²) in [6.07, 6.45) is 1.95. The SMILES string of the molecule is [O-][N+]1(C2CCc3ccccc32)Cc2ccccc2N1. The van der Waals surface area contributed by atoms with Gasteiger partial charge in [0.05, 0.1) is 5.69 Å². The average molecular weight is 252 g/mol. The second-order valence-electron chi connectivity index (χ2n) is 5.48. The van der Waals surface area contributed by atoms with Gasteiger partial charge in [0, 0.05) is 17.5 Å². The number of hydrogen-bond donors (Lipinski definition) is 1. The summed E-state index contributed by atoms with van der Waals surface area (Å²) in [5, 5.41) is 13.2. The molecule has 1 aliphatic carbocycles. The summed E-state index contributed by atoms with van der Waals surface area (Å²) in [4.78, 5) is 0.